The molecule has 5 heteroatoms. The summed E-state index contributed by atoms with van der Waals surface area (Å²) in [7, 11) is 0. The fraction of sp³-hybridized carbons (Fsp3) is 0.333. The molecule has 20 heavy (non-hydrogen) atoms. The number of carbonyl (C=O) groups is 1. The van der Waals surface area contributed by atoms with E-state index in [0.29, 0.717) is 17.4 Å². The summed E-state index contributed by atoms with van der Waals surface area (Å²) in [4.78, 5) is 16.4. The largest absolute Gasteiger partial charge is 0.454 e. The number of pyridine rings is 1. The number of nitrogens with two attached hydrogens (primary N) is 1. The first-order valence-electron chi connectivity index (χ1n) is 6.70. The summed E-state index contributed by atoms with van der Waals surface area (Å²) >= 11 is 0. The molecule has 1 aliphatic carbocycles. The number of esters is 1. The Morgan fingerprint density at radius 3 is 3.05 bits per heavy atom. The van der Waals surface area contributed by atoms with Gasteiger partial charge in [-0.25, -0.2) is 4.79 Å². The van der Waals surface area contributed by atoms with Gasteiger partial charge in [-0.15, -0.1) is 0 Å². The molecule has 0 unspecified atom stereocenters. The molecule has 2 aromatic rings. The predicted octanol–water partition coefficient (Wildman–Crippen LogP) is 2.47. The Kier molecular flexibility index (Phi) is 3.18. The minimum absolute atomic E-state index is 0.182. The molecule has 1 aliphatic rings. The van der Waals surface area contributed by atoms with Crippen molar-refractivity contribution in [2.75, 3.05) is 5.73 Å². The molecule has 0 radical (unpaired) electrons. The molecule has 0 aliphatic heterocycles. The zero-order chi connectivity index (χ0) is 14.1. The van der Waals surface area contributed by atoms with Gasteiger partial charge in [0.05, 0.1) is 11.4 Å². The lowest BCUT2D eigenvalue weighted by Gasteiger charge is -2.08. The second kappa shape index (κ2) is 5.00. The van der Waals surface area contributed by atoms with Crippen molar-refractivity contribution < 1.29 is 9.53 Å². The van der Waals surface area contributed by atoms with Crippen LogP contribution in [-0.4, -0.2) is 15.5 Å². The standard InChI is InChI=1S/C15H17N3O2/c1-10-3-2-6-17-13(10)9-20-15(19)14-7-11(16)8-18(14)12-4-5-12/h2-3,6-8,12H,4-5,9,16H2,1H3. The third-order valence-corrected chi connectivity index (χ3v) is 3.48. The molecule has 0 amide bonds. The van der Waals surface area contributed by atoms with Crippen molar-refractivity contribution in [3.8, 4) is 0 Å². The normalized spacial score (nSPS) is 14.2. The van der Waals surface area contributed by atoms with Gasteiger partial charge >= 0.3 is 5.97 Å². The third-order valence-electron chi connectivity index (χ3n) is 3.48. The summed E-state index contributed by atoms with van der Waals surface area (Å²) in [5.74, 6) is -0.348. The predicted molar refractivity (Wildman–Crippen MR) is 75.2 cm³/mol. The number of aromatic nitrogens is 2. The van der Waals surface area contributed by atoms with E-state index in [9.17, 15) is 4.79 Å². The molecule has 2 N–H and O–H groups in total. The lowest BCUT2D eigenvalue weighted by molar-refractivity contribution is 0.0454. The second-order valence-corrected chi connectivity index (χ2v) is 5.14. The van der Waals surface area contributed by atoms with Crippen molar-refractivity contribution in [2.45, 2.75) is 32.4 Å². The number of nitrogen functional groups attached to an aromatic ring is 1. The molecule has 5 nitrogen and oxygen atoms in total. The minimum Gasteiger partial charge on any atom is -0.454 e. The molecule has 2 heterocycles. The first-order valence-corrected chi connectivity index (χ1v) is 6.70. The van der Waals surface area contributed by atoms with Crippen LogP contribution < -0.4 is 5.73 Å². The van der Waals surface area contributed by atoms with E-state index >= 15 is 0 Å². The van der Waals surface area contributed by atoms with Crippen LogP contribution in [0.2, 0.25) is 0 Å². The second-order valence-electron chi connectivity index (χ2n) is 5.14. The van der Waals surface area contributed by atoms with Crippen molar-refractivity contribution in [1.82, 2.24) is 9.55 Å². The van der Waals surface area contributed by atoms with Gasteiger partial charge in [0.2, 0.25) is 0 Å². The maximum Gasteiger partial charge on any atom is 0.355 e. The summed E-state index contributed by atoms with van der Waals surface area (Å²) in [5.41, 5.74) is 8.68. The fourth-order valence-electron chi connectivity index (χ4n) is 2.20. The molecule has 0 bridgehead atoms. The number of nitrogens with zero attached hydrogens (tertiary/aromatic N) is 2. The van der Waals surface area contributed by atoms with Gasteiger partial charge in [-0.2, -0.15) is 0 Å². The van der Waals surface area contributed by atoms with Gasteiger partial charge in [-0.05, 0) is 37.5 Å². The van der Waals surface area contributed by atoms with Crippen LogP contribution in [0.3, 0.4) is 0 Å². The Morgan fingerprint density at radius 1 is 1.55 bits per heavy atom. The molecule has 2 aromatic heterocycles. The van der Waals surface area contributed by atoms with Crippen molar-refractivity contribution in [3.05, 3.63) is 47.5 Å². The van der Waals surface area contributed by atoms with Crippen LogP contribution in [0, 0.1) is 6.92 Å². The summed E-state index contributed by atoms with van der Waals surface area (Å²) in [6.45, 7) is 2.13. The first-order chi connectivity index (χ1) is 9.65. The molecule has 104 valence electrons. The molecule has 0 aromatic carbocycles. The van der Waals surface area contributed by atoms with Gasteiger partial charge in [-0.1, -0.05) is 6.07 Å². The lowest BCUT2D eigenvalue weighted by Crippen LogP contribution is -2.12. The number of anilines is 1. The van der Waals surface area contributed by atoms with E-state index in [-0.39, 0.29) is 12.6 Å². The topological polar surface area (TPSA) is 70.1 Å². The van der Waals surface area contributed by atoms with Crippen LogP contribution in [0.25, 0.3) is 0 Å². The Balaban J connectivity index is 1.72. The van der Waals surface area contributed by atoms with Crippen molar-refractivity contribution >= 4 is 11.7 Å². The summed E-state index contributed by atoms with van der Waals surface area (Å²) < 4.78 is 7.27. The van der Waals surface area contributed by atoms with E-state index < -0.39 is 0 Å². The first kappa shape index (κ1) is 12.7. The van der Waals surface area contributed by atoms with Crippen LogP contribution in [0.15, 0.2) is 30.6 Å². The third kappa shape index (κ3) is 2.52. The molecular weight excluding hydrogens is 254 g/mol. The van der Waals surface area contributed by atoms with Crippen molar-refractivity contribution in [3.63, 3.8) is 0 Å². The maximum atomic E-state index is 12.2. The monoisotopic (exact) mass is 271 g/mol. The van der Waals surface area contributed by atoms with E-state index in [0.717, 1.165) is 24.1 Å². The van der Waals surface area contributed by atoms with Gasteiger partial charge < -0.3 is 15.0 Å². The van der Waals surface area contributed by atoms with Gasteiger partial charge in [0, 0.05) is 18.4 Å². The quantitative estimate of drug-likeness (QED) is 0.867. The Hall–Kier alpha value is -2.30. The van der Waals surface area contributed by atoms with Gasteiger partial charge in [0.25, 0.3) is 0 Å². The Bertz CT molecular complexity index is 644. The highest BCUT2D eigenvalue weighted by molar-refractivity contribution is 5.89. The summed E-state index contributed by atoms with van der Waals surface area (Å²) in [6.07, 6.45) is 5.68. The molecular formula is C15H17N3O2. The number of ether oxygens (including phenoxy) is 1. The van der Waals surface area contributed by atoms with Crippen molar-refractivity contribution in [2.24, 2.45) is 0 Å². The highest BCUT2D eigenvalue weighted by atomic mass is 16.5. The molecule has 3 rings (SSSR count). The molecule has 0 atom stereocenters. The Morgan fingerprint density at radius 2 is 2.35 bits per heavy atom. The van der Waals surface area contributed by atoms with E-state index in [1.54, 1.807) is 18.5 Å². The highest BCUT2D eigenvalue weighted by Crippen LogP contribution is 2.37. The molecule has 0 spiro atoms. The van der Waals surface area contributed by atoms with E-state index in [2.05, 4.69) is 4.98 Å². The zero-order valence-electron chi connectivity index (χ0n) is 11.4. The highest BCUT2D eigenvalue weighted by Gasteiger charge is 2.28. The number of rotatable bonds is 4. The number of carbonyl (C=O) groups excluding carboxylic acids is 1. The fourth-order valence-corrected chi connectivity index (χ4v) is 2.20. The van der Waals surface area contributed by atoms with Gasteiger partial charge in [0.15, 0.2) is 0 Å². The van der Waals surface area contributed by atoms with Gasteiger partial charge in [0.1, 0.15) is 12.3 Å². The lowest BCUT2D eigenvalue weighted by atomic mass is 10.2. The van der Waals surface area contributed by atoms with E-state index in [4.69, 9.17) is 10.5 Å². The maximum absolute atomic E-state index is 12.2. The van der Waals surface area contributed by atoms with Crippen LogP contribution >= 0.6 is 0 Å². The Labute approximate surface area is 117 Å². The average molecular weight is 271 g/mol. The smallest absolute Gasteiger partial charge is 0.355 e. The minimum atomic E-state index is -0.348. The average Bonchev–Trinajstić information content (AvgIpc) is 3.20. The number of aryl methyl sites for hydroxylation is 1. The molecule has 1 saturated carbocycles. The van der Waals surface area contributed by atoms with Crippen LogP contribution in [0.5, 0.6) is 0 Å². The number of hydrogen-bond donors (Lipinski definition) is 1. The van der Waals surface area contributed by atoms with Gasteiger partial charge in [-0.3, -0.25) is 4.98 Å². The SMILES string of the molecule is Cc1cccnc1COC(=O)c1cc(N)cn1C1CC1. The molecule has 0 saturated heterocycles. The van der Waals surface area contributed by atoms with E-state index in [1.165, 1.54) is 0 Å². The van der Waals surface area contributed by atoms with Crippen LogP contribution in [0.4, 0.5) is 5.69 Å². The van der Waals surface area contributed by atoms with Crippen LogP contribution in [0.1, 0.15) is 40.6 Å². The summed E-state index contributed by atoms with van der Waals surface area (Å²) in [5, 5.41) is 0. The van der Waals surface area contributed by atoms with Crippen LogP contribution in [-0.2, 0) is 11.3 Å². The number of hydrogen-bond acceptors (Lipinski definition) is 4. The van der Waals surface area contributed by atoms with E-state index in [1.807, 2.05) is 23.6 Å². The van der Waals surface area contributed by atoms with Crippen molar-refractivity contribution in [1.29, 1.82) is 0 Å². The summed E-state index contributed by atoms with van der Waals surface area (Å²) in [6, 6.07) is 5.87. The molecule has 1 fully saturated rings. The zero-order valence-corrected chi connectivity index (χ0v) is 11.4.